The van der Waals surface area contributed by atoms with Crippen LogP contribution in [0.15, 0.2) is 59.8 Å². The second-order valence-corrected chi connectivity index (χ2v) is 10.7. The summed E-state index contributed by atoms with van der Waals surface area (Å²) in [4.78, 5) is 14.7. The first-order chi connectivity index (χ1) is 15.3. The number of nitrogens with two attached hydrogens (primary N) is 1. The maximum Gasteiger partial charge on any atom is 0.233 e. The normalized spacial score (nSPS) is 17.3. The average Bonchev–Trinajstić information content (AvgIpc) is 3.32. The van der Waals surface area contributed by atoms with Crippen LogP contribution in [0.3, 0.4) is 0 Å². The van der Waals surface area contributed by atoms with Gasteiger partial charge in [0, 0.05) is 18.2 Å². The molecule has 0 bridgehead atoms. The van der Waals surface area contributed by atoms with Crippen molar-refractivity contribution >= 4 is 27.5 Å². The Hall–Kier alpha value is -2.92. The Balaban J connectivity index is 1.49. The van der Waals surface area contributed by atoms with Crippen molar-refractivity contribution in [1.29, 1.82) is 0 Å². The van der Waals surface area contributed by atoms with E-state index in [0.717, 1.165) is 17.3 Å². The summed E-state index contributed by atoms with van der Waals surface area (Å²) in [6.45, 7) is 0.324. The zero-order valence-corrected chi connectivity index (χ0v) is 18.7. The lowest BCUT2D eigenvalue weighted by atomic mass is 10.1. The van der Waals surface area contributed by atoms with E-state index in [-0.39, 0.29) is 35.0 Å². The highest BCUT2D eigenvalue weighted by atomic mass is 32.2. The van der Waals surface area contributed by atoms with E-state index in [4.69, 9.17) is 5.84 Å². The highest BCUT2D eigenvalue weighted by molar-refractivity contribution is 7.99. The second-order valence-electron chi connectivity index (χ2n) is 7.54. The number of hydrogen-bond acceptors (Lipinski definition) is 7. The van der Waals surface area contributed by atoms with E-state index in [2.05, 4.69) is 10.2 Å². The smallest absolute Gasteiger partial charge is 0.233 e. The number of amides is 1. The van der Waals surface area contributed by atoms with Crippen molar-refractivity contribution < 1.29 is 17.6 Å². The molecule has 0 radical (unpaired) electrons. The molecule has 1 fully saturated rings. The molecule has 0 spiro atoms. The molecule has 3 aromatic rings. The summed E-state index contributed by atoms with van der Waals surface area (Å²) in [5.74, 6) is 5.78. The molecule has 1 aromatic heterocycles. The molecular weight excluding hydrogens is 453 g/mol. The zero-order chi connectivity index (χ0) is 22.7. The number of nitrogen functional groups attached to an aromatic ring is 1. The molecule has 32 heavy (non-hydrogen) atoms. The molecule has 1 amide bonds. The highest BCUT2D eigenvalue weighted by Crippen LogP contribution is 2.25. The number of thioether (sulfide) groups is 1. The van der Waals surface area contributed by atoms with Gasteiger partial charge in [-0.1, -0.05) is 54.2 Å². The molecule has 2 N–H and O–H groups in total. The van der Waals surface area contributed by atoms with Crippen molar-refractivity contribution in [2.24, 2.45) is 0 Å². The van der Waals surface area contributed by atoms with E-state index in [1.54, 1.807) is 17.0 Å². The van der Waals surface area contributed by atoms with Gasteiger partial charge in [0.15, 0.2) is 15.7 Å². The summed E-state index contributed by atoms with van der Waals surface area (Å²) >= 11 is 1.10. The Labute approximate surface area is 189 Å². The van der Waals surface area contributed by atoms with E-state index >= 15 is 0 Å². The number of benzene rings is 2. The summed E-state index contributed by atoms with van der Waals surface area (Å²) in [7, 11) is -3.15. The first kappa shape index (κ1) is 22.3. The average molecular weight is 476 g/mol. The SMILES string of the molecule is Nn1c(SCC(=O)N(Cc2ccccc2)[C@@H]2CCS(=O)(=O)C2)nnc1-c1cccc(F)c1. The fraction of sp³-hybridized carbons (Fsp3) is 0.286. The van der Waals surface area contributed by atoms with Crippen molar-refractivity contribution in [3.05, 3.63) is 66.0 Å². The minimum atomic E-state index is -3.15. The van der Waals surface area contributed by atoms with Crippen LogP contribution in [0.5, 0.6) is 0 Å². The molecule has 1 aliphatic heterocycles. The minimum Gasteiger partial charge on any atom is -0.335 e. The monoisotopic (exact) mass is 475 g/mol. The third kappa shape index (κ3) is 5.10. The molecule has 0 unspecified atom stereocenters. The lowest BCUT2D eigenvalue weighted by Crippen LogP contribution is -2.41. The highest BCUT2D eigenvalue weighted by Gasteiger charge is 2.34. The van der Waals surface area contributed by atoms with Crippen molar-refractivity contribution in [3.8, 4) is 11.4 Å². The van der Waals surface area contributed by atoms with Crippen LogP contribution in [0.2, 0.25) is 0 Å². The van der Waals surface area contributed by atoms with Crippen LogP contribution in [0.4, 0.5) is 4.39 Å². The number of aromatic nitrogens is 3. The predicted molar refractivity (Wildman–Crippen MR) is 120 cm³/mol. The third-order valence-electron chi connectivity index (χ3n) is 5.24. The standard InChI is InChI=1S/C21H22FN5O3S2/c22-17-8-4-7-16(11-17)20-24-25-21(27(20)23)31-13-19(28)26(12-15-5-2-1-3-6-15)18-9-10-32(29,30)14-18/h1-8,11,18H,9-10,12-14,23H2/t18-/m1/s1. The van der Waals surface area contributed by atoms with Crippen molar-refractivity contribution in [1.82, 2.24) is 19.8 Å². The molecular formula is C21H22FN5O3S2. The van der Waals surface area contributed by atoms with Gasteiger partial charge in [0.25, 0.3) is 0 Å². The molecule has 4 rings (SSSR count). The van der Waals surface area contributed by atoms with Gasteiger partial charge in [-0.3, -0.25) is 4.79 Å². The Morgan fingerprint density at radius 3 is 2.66 bits per heavy atom. The summed E-state index contributed by atoms with van der Waals surface area (Å²) in [6.07, 6.45) is 0.419. The lowest BCUT2D eigenvalue weighted by molar-refractivity contribution is -0.130. The van der Waals surface area contributed by atoms with E-state index in [1.807, 2.05) is 30.3 Å². The fourth-order valence-electron chi connectivity index (χ4n) is 3.63. The van der Waals surface area contributed by atoms with Gasteiger partial charge in [-0.15, -0.1) is 10.2 Å². The van der Waals surface area contributed by atoms with E-state index in [1.165, 1.54) is 16.8 Å². The van der Waals surface area contributed by atoms with Crippen molar-refractivity contribution in [2.45, 2.75) is 24.2 Å². The van der Waals surface area contributed by atoms with E-state index < -0.39 is 15.7 Å². The maximum atomic E-state index is 13.5. The van der Waals surface area contributed by atoms with Gasteiger partial charge in [-0.2, -0.15) is 0 Å². The quantitative estimate of drug-likeness (QED) is 0.411. The molecule has 0 aliphatic carbocycles. The number of hydrogen-bond donors (Lipinski definition) is 1. The van der Waals surface area contributed by atoms with Gasteiger partial charge in [-0.25, -0.2) is 17.5 Å². The van der Waals surface area contributed by atoms with Crippen LogP contribution in [0.25, 0.3) is 11.4 Å². The summed E-state index contributed by atoms with van der Waals surface area (Å²) < 4.78 is 38.7. The van der Waals surface area contributed by atoms with Crippen LogP contribution in [-0.2, 0) is 21.2 Å². The van der Waals surface area contributed by atoms with E-state index in [9.17, 15) is 17.6 Å². The van der Waals surface area contributed by atoms with Crippen molar-refractivity contribution in [3.63, 3.8) is 0 Å². The molecule has 168 valence electrons. The molecule has 1 aliphatic rings. The fourth-order valence-corrected chi connectivity index (χ4v) is 6.10. The molecule has 8 nitrogen and oxygen atoms in total. The number of carbonyl (C=O) groups excluding carboxylic acids is 1. The third-order valence-corrected chi connectivity index (χ3v) is 7.92. The number of sulfone groups is 1. The summed E-state index contributed by atoms with van der Waals surface area (Å²) in [6, 6.07) is 14.9. The molecule has 2 aromatic carbocycles. The Kier molecular flexibility index (Phi) is 6.47. The number of halogens is 1. The van der Waals surface area contributed by atoms with Crippen LogP contribution in [-0.4, -0.2) is 57.4 Å². The molecule has 11 heteroatoms. The molecule has 1 saturated heterocycles. The summed E-state index contributed by atoms with van der Waals surface area (Å²) in [5.41, 5.74) is 1.39. The Morgan fingerprint density at radius 2 is 1.97 bits per heavy atom. The lowest BCUT2D eigenvalue weighted by Gasteiger charge is -2.28. The van der Waals surface area contributed by atoms with Crippen LogP contribution < -0.4 is 5.84 Å². The number of rotatable bonds is 7. The van der Waals surface area contributed by atoms with Gasteiger partial charge in [0.2, 0.25) is 11.1 Å². The topological polar surface area (TPSA) is 111 Å². The Morgan fingerprint density at radius 1 is 1.19 bits per heavy atom. The molecule has 2 heterocycles. The number of nitrogens with zero attached hydrogens (tertiary/aromatic N) is 4. The van der Waals surface area contributed by atoms with Crippen LogP contribution >= 0.6 is 11.8 Å². The van der Waals surface area contributed by atoms with Gasteiger partial charge in [-0.05, 0) is 24.1 Å². The largest absolute Gasteiger partial charge is 0.335 e. The van der Waals surface area contributed by atoms with Crippen LogP contribution in [0.1, 0.15) is 12.0 Å². The summed E-state index contributed by atoms with van der Waals surface area (Å²) in [5, 5.41) is 8.33. The minimum absolute atomic E-state index is 0.0157. The van der Waals surface area contributed by atoms with Gasteiger partial charge < -0.3 is 10.7 Å². The second kappa shape index (κ2) is 9.29. The molecule has 0 saturated carbocycles. The number of carbonyl (C=O) groups is 1. The Bertz CT molecular complexity index is 1220. The predicted octanol–water partition coefficient (Wildman–Crippen LogP) is 2.11. The zero-order valence-electron chi connectivity index (χ0n) is 17.1. The molecule has 1 atom stereocenters. The van der Waals surface area contributed by atoms with Gasteiger partial charge in [0.1, 0.15) is 5.82 Å². The first-order valence-electron chi connectivity index (χ1n) is 9.95. The van der Waals surface area contributed by atoms with Gasteiger partial charge >= 0.3 is 0 Å². The van der Waals surface area contributed by atoms with E-state index in [0.29, 0.717) is 23.7 Å². The van der Waals surface area contributed by atoms with Crippen molar-refractivity contribution in [2.75, 3.05) is 23.1 Å². The first-order valence-corrected chi connectivity index (χ1v) is 12.8. The maximum absolute atomic E-state index is 13.5. The van der Waals surface area contributed by atoms with Crippen LogP contribution in [0, 0.1) is 5.82 Å². The van der Waals surface area contributed by atoms with Gasteiger partial charge in [0.05, 0.1) is 17.3 Å².